The van der Waals surface area contributed by atoms with Crippen LogP contribution in [0.2, 0.25) is 0 Å². The first kappa shape index (κ1) is 36.5. The zero-order valence-corrected chi connectivity index (χ0v) is 29.8. The number of aliphatic hydroxyl groups is 4. The zero-order valence-electron chi connectivity index (χ0n) is 29.8. The Morgan fingerprint density at radius 1 is 0.915 bits per heavy atom. The summed E-state index contributed by atoms with van der Waals surface area (Å²) in [6.45, 7) is 17.0. The summed E-state index contributed by atoms with van der Waals surface area (Å²) in [5, 5.41) is 40.9. The molecule has 9 heteroatoms. The number of rotatable bonds is 8. The Kier molecular flexibility index (Phi) is 10.2. The average Bonchev–Trinajstić information content (AvgIpc) is 3.27. The van der Waals surface area contributed by atoms with E-state index in [1.807, 2.05) is 6.08 Å². The summed E-state index contributed by atoms with van der Waals surface area (Å²) in [5.74, 6) is -0.495. The van der Waals surface area contributed by atoms with Crippen molar-refractivity contribution in [2.45, 2.75) is 150 Å². The molecule has 3 fully saturated rings. The number of ether oxygens (including phenoxy) is 3. The summed E-state index contributed by atoms with van der Waals surface area (Å²) in [4.78, 5) is 26.1. The quantitative estimate of drug-likeness (QED) is 0.203. The Balaban J connectivity index is 1.45. The minimum absolute atomic E-state index is 0.0102. The van der Waals surface area contributed by atoms with Crippen LogP contribution in [0.4, 0.5) is 0 Å². The molecule has 4 aliphatic carbocycles. The second-order valence-corrected chi connectivity index (χ2v) is 17.0. The SMILES string of the molecule is CC(=O)O[C@@H]1CC[C@]2(C)C3=C(CC[C@H]2C1(C)C)[C@]1(C)CC[C@H]([C@@H](/C=C/CC(C)C)C(=O)O[C@@H]2O[C@H](CO)[C@@H](O)[C@H](O)[C@H]2O)[C@@]1(C)CC3. The van der Waals surface area contributed by atoms with E-state index in [2.05, 4.69) is 54.5 Å². The van der Waals surface area contributed by atoms with Crippen LogP contribution in [0.1, 0.15) is 113 Å². The smallest absolute Gasteiger partial charge is 0.315 e. The molecule has 47 heavy (non-hydrogen) atoms. The largest absolute Gasteiger partial charge is 0.462 e. The van der Waals surface area contributed by atoms with Gasteiger partial charge >= 0.3 is 11.9 Å². The highest BCUT2D eigenvalue weighted by molar-refractivity contribution is 5.75. The van der Waals surface area contributed by atoms with E-state index in [-0.39, 0.29) is 39.7 Å². The number of carbonyl (C=O) groups excluding carboxylic acids is 2. The van der Waals surface area contributed by atoms with Gasteiger partial charge in [-0.3, -0.25) is 9.59 Å². The van der Waals surface area contributed by atoms with E-state index in [4.69, 9.17) is 14.2 Å². The molecule has 2 saturated carbocycles. The lowest BCUT2D eigenvalue weighted by Gasteiger charge is -2.62. The Bertz CT molecular complexity index is 1250. The Morgan fingerprint density at radius 2 is 1.62 bits per heavy atom. The summed E-state index contributed by atoms with van der Waals surface area (Å²) in [7, 11) is 0. The summed E-state index contributed by atoms with van der Waals surface area (Å²) in [6.07, 6.45) is 5.01. The van der Waals surface area contributed by atoms with E-state index in [0.29, 0.717) is 11.8 Å². The van der Waals surface area contributed by atoms with E-state index in [1.54, 1.807) is 11.1 Å². The molecule has 5 aliphatic rings. The fourth-order valence-electron chi connectivity index (χ4n) is 10.9. The molecular formula is C38H60O9. The normalized spacial score (nSPS) is 43.7. The molecule has 0 amide bonds. The lowest BCUT2D eigenvalue weighted by Crippen LogP contribution is -2.59. The van der Waals surface area contributed by atoms with Crippen molar-refractivity contribution in [3.63, 3.8) is 0 Å². The predicted octanol–water partition coefficient (Wildman–Crippen LogP) is 5.23. The highest BCUT2D eigenvalue weighted by Gasteiger charge is 2.64. The first-order valence-corrected chi connectivity index (χ1v) is 18.0. The maximum Gasteiger partial charge on any atom is 0.315 e. The third-order valence-electron chi connectivity index (χ3n) is 13.8. The molecule has 4 N–H and O–H groups in total. The number of hydrogen-bond donors (Lipinski definition) is 4. The van der Waals surface area contributed by atoms with Gasteiger partial charge < -0.3 is 34.6 Å². The lowest BCUT2D eigenvalue weighted by atomic mass is 9.43. The summed E-state index contributed by atoms with van der Waals surface area (Å²) < 4.78 is 17.2. The number of carbonyl (C=O) groups is 2. The van der Waals surface area contributed by atoms with Gasteiger partial charge in [0.15, 0.2) is 0 Å². The van der Waals surface area contributed by atoms with Gasteiger partial charge in [-0.25, -0.2) is 0 Å². The third-order valence-corrected chi connectivity index (χ3v) is 13.8. The molecule has 5 rings (SSSR count). The molecule has 0 aromatic rings. The molecule has 0 radical (unpaired) electrons. The first-order valence-electron chi connectivity index (χ1n) is 18.0. The molecule has 12 atom stereocenters. The van der Waals surface area contributed by atoms with Crippen molar-refractivity contribution in [3.8, 4) is 0 Å². The van der Waals surface area contributed by atoms with Crippen LogP contribution in [0.5, 0.6) is 0 Å². The number of fused-ring (bicyclic) bond motifs is 4. The van der Waals surface area contributed by atoms with Crippen molar-refractivity contribution in [1.29, 1.82) is 0 Å². The monoisotopic (exact) mass is 660 g/mol. The fraction of sp³-hybridized carbons (Fsp3) is 0.842. The molecule has 0 unspecified atom stereocenters. The minimum atomic E-state index is -1.64. The summed E-state index contributed by atoms with van der Waals surface area (Å²) >= 11 is 0. The van der Waals surface area contributed by atoms with Gasteiger partial charge in [-0.1, -0.05) is 71.8 Å². The standard InChI is InChI=1S/C38H60O9/c1-21(2)10-9-11-23(33(44)47-34-32(43)31(42)30(41)27(20-39)46-34)24-14-18-38(8)26-12-13-28-35(4,5)29(45-22(3)40)16-17-36(28,6)25(26)15-19-37(24,38)7/h9,11,21,23-24,27-32,34,39,41-43H,10,12-20H2,1-8H3/b11-9+/t23-,24-,27-,28+,29-,30-,31+,32-,34+,36-,37-,38+/m1/s1. The molecule has 0 aromatic heterocycles. The van der Waals surface area contributed by atoms with Gasteiger partial charge in [0.2, 0.25) is 6.29 Å². The van der Waals surface area contributed by atoms with Crippen LogP contribution in [0.25, 0.3) is 0 Å². The molecule has 9 nitrogen and oxygen atoms in total. The Labute approximate surface area is 281 Å². The van der Waals surface area contributed by atoms with Gasteiger partial charge in [0.05, 0.1) is 12.5 Å². The molecule has 1 saturated heterocycles. The zero-order chi connectivity index (χ0) is 34.7. The molecular weight excluding hydrogens is 600 g/mol. The van der Waals surface area contributed by atoms with Crippen molar-refractivity contribution in [1.82, 2.24) is 0 Å². The Hall–Kier alpha value is -1.78. The van der Waals surface area contributed by atoms with Crippen molar-refractivity contribution in [2.75, 3.05) is 6.61 Å². The highest BCUT2D eigenvalue weighted by atomic mass is 16.7. The third kappa shape index (κ3) is 6.04. The van der Waals surface area contributed by atoms with E-state index in [9.17, 15) is 30.0 Å². The molecule has 1 heterocycles. The van der Waals surface area contributed by atoms with Crippen molar-refractivity contribution in [3.05, 3.63) is 23.3 Å². The van der Waals surface area contributed by atoms with Crippen LogP contribution in [0.15, 0.2) is 23.3 Å². The van der Waals surface area contributed by atoms with Crippen LogP contribution < -0.4 is 0 Å². The average molecular weight is 661 g/mol. The maximum atomic E-state index is 14.1. The van der Waals surface area contributed by atoms with Crippen LogP contribution >= 0.6 is 0 Å². The predicted molar refractivity (Wildman–Crippen MR) is 177 cm³/mol. The number of hydrogen-bond acceptors (Lipinski definition) is 9. The van der Waals surface area contributed by atoms with Gasteiger partial charge in [0.1, 0.15) is 30.5 Å². The van der Waals surface area contributed by atoms with E-state index in [1.165, 1.54) is 6.92 Å². The molecule has 1 aliphatic heterocycles. The van der Waals surface area contributed by atoms with E-state index >= 15 is 0 Å². The van der Waals surface area contributed by atoms with E-state index < -0.39 is 49.2 Å². The number of esters is 2. The number of allylic oxidation sites excluding steroid dienone is 3. The maximum absolute atomic E-state index is 14.1. The van der Waals surface area contributed by atoms with Gasteiger partial charge in [0, 0.05) is 12.3 Å². The van der Waals surface area contributed by atoms with E-state index in [0.717, 1.165) is 57.8 Å². The molecule has 0 aromatic carbocycles. The topological polar surface area (TPSA) is 143 Å². The summed E-state index contributed by atoms with van der Waals surface area (Å²) in [6, 6.07) is 0. The fourth-order valence-corrected chi connectivity index (χ4v) is 10.9. The van der Waals surface area contributed by atoms with Gasteiger partial charge in [-0.15, -0.1) is 0 Å². The number of aliphatic hydroxyl groups excluding tert-OH is 4. The van der Waals surface area contributed by atoms with Crippen molar-refractivity contribution in [2.24, 2.45) is 45.3 Å². The molecule has 0 spiro atoms. The van der Waals surface area contributed by atoms with Gasteiger partial charge in [-0.05, 0) is 91.8 Å². The first-order chi connectivity index (χ1) is 21.9. The summed E-state index contributed by atoms with van der Waals surface area (Å²) in [5.41, 5.74) is 2.80. The second kappa shape index (κ2) is 13.2. The highest BCUT2D eigenvalue weighted by Crippen LogP contribution is 2.72. The second-order valence-electron chi connectivity index (χ2n) is 17.0. The Morgan fingerprint density at radius 3 is 2.26 bits per heavy atom. The van der Waals surface area contributed by atoms with Crippen LogP contribution in [-0.4, -0.2) is 75.8 Å². The van der Waals surface area contributed by atoms with Crippen molar-refractivity contribution < 1.29 is 44.2 Å². The van der Waals surface area contributed by atoms with Crippen LogP contribution in [0.3, 0.4) is 0 Å². The van der Waals surface area contributed by atoms with Crippen LogP contribution in [0, 0.1) is 45.3 Å². The van der Waals surface area contributed by atoms with Crippen LogP contribution in [-0.2, 0) is 23.8 Å². The van der Waals surface area contributed by atoms with Crippen molar-refractivity contribution >= 4 is 11.9 Å². The molecule has 266 valence electrons. The minimum Gasteiger partial charge on any atom is -0.462 e. The lowest BCUT2D eigenvalue weighted by molar-refractivity contribution is -0.294. The van der Waals surface area contributed by atoms with Gasteiger partial charge in [0.25, 0.3) is 0 Å². The molecule has 0 bridgehead atoms. The van der Waals surface area contributed by atoms with Gasteiger partial charge in [-0.2, -0.15) is 0 Å².